The molecule has 0 saturated carbocycles. The van der Waals surface area contributed by atoms with Crippen LogP contribution in [0.5, 0.6) is 0 Å². The summed E-state index contributed by atoms with van der Waals surface area (Å²) in [5.41, 5.74) is 0. The molecule has 0 fully saturated rings. The molecule has 0 aromatic rings. The second-order valence-electron chi connectivity index (χ2n) is 0.833. The summed E-state index contributed by atoms with van der Waals surface area (Å²) in [6, 6.07) is 0. The van der Waals surface area contributed by atoms with E-state index in [1.54, 1.807) is 0 Å². The maximum atomic E-state index is 8.61. The normalized spacial score (nSPS) is 22.3. The van der Waals surface area contributed by atoms with E-state index in [0.717, 1.165) is 0 Å². The van der Waals surface area contributed by atoms with E-state index in [4.69, 9.17) is 23.2 Å². The predicted molar refractivity (Wildman–Crippen MR) is 4.12 cm³/mol. The first kappa shape index (κ1) is 6.31. The van der Waals surface area contributed by atoms with Gasteiger partial charge in [-0.15, -0.1) is 0 Å². The standard InChI is InChI=1S/Co.6O. The van der Waals surface area contributed by atoms with Crippen LogP contribution in [0.2, 0.25) is 0 Å². The molecule has 0 spiro atoms. The van der Waals surface area contributed by atoms with Crippen LogP contribution in [-0.4, -0.2) is 0 Å². The average Bonchev–Trinajstić information content (AvgIpc) is 0.592. The Morgan fingerprint density at radius 2 is 0.571 bits per heavy atom. The maximum absolute atomic E-state index is 9.15. The number of rotatable bonds is 0. The van der Waals surface area contributed by atoms with Crippen molar-refractivity contribution < 1.29 is 33.3 Å². The van der Waals surface area contributed by atoms with Gasteiger partial charge in [0.2, 0.25) is 0 Å². The Balaban J connectivity index is 8.86. The van der Waals surface area contributed by atoms with E-state index < -0.39 is 10.1 Å². The topological polar surface area (TPSA) is 102 Å². The molecule has 0 aromatic carbocycles. The van der Waals surface area contributed by atoms with Gasteiger partial charge in [-0.1, -0.05) is 0 Å². The van der Waals surface area contributed by atoms with Crippen LogP contribution in [0.4, 0.5) is 0 Å². The van der Waals surface area contributed by atoms with Gasteiger partial charge in [-0.25, -0.2) is 0 Å². The third-order valence-electron chi connectivity index (χ3n) is 0. The monoisotopic (exact) mass is 155 g/mol. The minimum atomic E-state index is -9.15. The Hall–Kier alpha value is -0.694. The third-order valence-corrected chi connectivity index (χ3v) is 0. The van der Waals surface area contributed by atoms with Crippen LogP contribution in [0.15, 0.2) is 0 Å². The third kappa shape index (κ3) is 121. The Morgan fingerprint density at radius 3 is 0.571 bits per heavy atom. The van der Waals surface area contributed by atoms with Gasteiger partial charge in [-0.3, -0.25) is 0 Å². The minimum absolute atomic E-state index is 8.61. The van der Waals surface area contributed by atoms with Crippen molar-refractivity contribution in [3.63, 3.8) is 0 Å². The summed E-state index contributed by atoms with van der Waals surface area (Å²) in [5.74, 6) is 0. The summed E-state index contributed by atoms with van der Waals surface area (Å²) in [7, 11) is -9.15. The van der Waals surface area contributed by atoms with Crippen molar-refractivity contribution in [2.45, 2.75) is 0 Å². The average molecular weight is 155 g/mol. The van der Waals surface area contributed by atoms with Crippen LogP contribution in [0, 0.1) is 0 Å². The van der Waals surface area contributed by atoms with Crippen LogP contribution in [0.1, 0.15) is 0 Å². The Morgan fingerprint density at radius 1 is 0.571 bits per heavy atom. The molecule has 0 aliphatic rings. The molecule has 45 valence electrons. The van der Waals surface area contributed by atoms with E-state index in [2.05, 4.69) is 0 Å². The van der Waals surface area contributed by atoms with Crippen LogP contribution >= 0.6 is 0 Å². The molecule has 0 aromatic heterocycles. The van der Waals surface area contributed by atoms with Gasteiger partial charge in [0.1, 0.15) is 0 Å². The molecule has 7 heteroatoms. The van der Waals surface area contributed by atoms with Crippen LogP contribution in [0.3, 0.4) is 0 Å². The first-order valence-electron chi connectivity index (χ1n) is 0.816. The Labute approximate surface area is 34.2 Å². The van der Waals surface area contributed by atoms with Gasteiger partial charge in [0.05, 0.1) is 0 Å². The van der Waals surface area contributed by atoms with E-state index in [-0.39, 0.29) is 0 Å². The zero-order chi connectivity index (χ0) is 6.41. The second-order valence-corrected chi connectivity index (χ2v) is 3.44. The fourth-order valence-electron chi connectivity index (χ4n) is 0. The Bertz CT molecular complexity index is 432. The zero-order valence-electron chi connectivity index (χ0n) is 2.78. The molecule has 0 aliphatic carbocycles. The molecule has 0 bridgehead atoms. The van der Waals surface area contributed by atoms with Gasteiger partial charge < -0.3 is 0 Å². The van der Waals surface area contributed by atoms with E-state index >= 15 is 0 Å². The molecule has 0 N–H and O–H groups in total. The second kappa shape index (κ2) is 0.481. The summed E-state index contributed by atoms with van der Waals surface area (Å²) in [5, 5.41) is 0. The molecule has 0 saturated heterocycles. The molecular weight excluding hydrogens is 155 g/mol. The van der Waals surface area contributed by atoms with E-state index in [9.17, 15) is 0 Å². The fourth-order valence-corrected chi connectivity index (χ4v) is 0. The summed E-state index contributed by atoms with van der Waals surface area (Å²) < 4.78 is 51.7. The van der Waals surface area contributed by atoms with E-state index in [0.29, 0.717) is 0 Å². The first-order valence-corrected chi connectivity index (χ1v) is 3.37. The SMILES string of the molecule is [O]=[Co](=[O])(=[O])(=[O])(=[O])=[O]. The van der Waals surface area contributed by atoms with Crippen LogP contribution < -0.4 is 0 Å². The van der Waals surface area contributed by atoms with Gasteiger partial charge in [-0.05, 0) is 0 Å². The fraction of sp³-hybridized carbons (Fsp3) is 0. The van der Waals surface area contributed by atoms with Gasteiger partial charge in [0.15, 0.2) is 0 Å². The molecule has 6 nitrogen and oxygen atoms in total. The summed E-state index contributed by atoms with van der Waals surface area (Å²) in [4.78, 5) is 0. The van der Waals surface area contributed by atoms with Crippen molar-refractivity contribution in [1.82, 2.24) is 0 Å². The molecule has 0 atom stereocenters. The summed E-state index contributed by atoms with van der Waals surface area (Å²) in [6.07, 6.45) is 0. The molecule has 0 unspecified atom stereocenters. The van der Waals surface area contributed by atoms with Gasteiger partial charge >= 0.3 is 33.3 Å². The predicted octanol–water partition coefficient (Wildman–Crippen LogP) is -0.715. The molecule has 7 heavy (non-hydrogen) atoms. The van der Waals surface area contributed by atoms with Gasteiger partial charge in [0, 0.05) is 0 Å². The number of hydrogen-bond donors (Lipinski definition) is 0. The molecule has 0 amide bonds. The summed E-state index contributed by atoms with van der Waals surface area (Å²) >= 11 is 0. The van der Waals surface area contributed by atoms with Crippen LogP contribution in [0.25, 0.3) is 0 Å². The first-order chi connectivity index (χ1) is 2.45. The Kier molecular flexibility index (Phi) is 0.433. The molecule has 0 heterocycles. The molecule has 0 aliphatic heterocycles. The van der Waals surface area contributed by atoms with Crippen molar-refractivity contribution >= 4 is 0 Å². The van der Waals surface area contributed by atoms with Gasteiger partial charge in [0.25, 0.3) is 0 Å². The molecular formula is CoO6. The van der Waals surface area contributed by atoms with Crippen molar-refractivity contribution in [3.05, 3.63) is 0 Å². The van der Waals surface area contributed by atoms with E-state index in [1.165, 1.54) is 0 Å². The van der Waals surface area contributed by atoms with Crippen molar-refractivity contribution in [2.24, 2.45) is 0 Å². The quantitative estimate of drug-likeness (QED) is 0.457. The molecule has 0 radical (unpaired) electrons. The molecule has 0 rings (SSSR count). The van der Waals surface area contributed by atoms with Crippen molar-refractivity contribution in [3.8, 4) is 0 Å². The number of hydrogen-bond acceptors (Lipinski definition) is 6. The zero-order valence-corrected chi connectivity index (χ0v) is 3.82. The summed E-state index contributed by atoms with van der Waals surface area (Å²) in [6.45, 7) is 0. The van der Waals surface area contributed by atoms with Crippen molar-refractivity contribution in [1.29, 1.82) is 0 Å². The van der Waals surface area contributed by atoms with Crippen LogP contribution in [-0.2, 0) is 33.3 Å². The van der Waals surface area contributed by atoms with Gasteiger partial charge in [-0.2, -0.15) is 0 Å². The van der Waals surface area contributed by atoms with Crippen molar-refractivity contribution in [2.75, 3.05) is 0 Å². The van der Waals surface area contributed by atoms with E-state index in [1.807, 2.05) is 0 Å².